The van der Waals surface area contributed by atoms with E-state index in [1.54, 1.807) is 0 Å². The first-order valence-corrected chi connectivity index (χ1v) is 5.81. The van der Waals surface area contributed by atoms with Gasteiger partial charge < -0.3 is 10.2 Å². The Labute approximate surface area is 95.7 Å². The quantitative estimate of drug-likeness (QED) is 0.728. The molecule has 2 nitrogen and oxygen atoms in total. The van der Waals surface area contributed by atoms with Crippen molar-refractivity contribution in [2.45, 2.75) is 45.1 Å². The van der Waals surface area contributed by atoms with Crippen LogP contribution in [0.2, 0.25) is 0 Å². The average molecular weight is 226 g/mol. The Bertz CT molecular complexity index is 326. The molecule has 0 fully saturated rings. The number of aliphatic hydroxyl groups excluding tert-OH is 1. The molecule has 0 spiro atoms. The molecule has 1 atom stereocenters. The molecule has 0 unspecified atom stereocenters. The second kappa shape index (κ2) is 6.48. The zero-order valence-corrected chi connectivity index (χ0v) is 9.62. The lowest BCUT2D eigenvalue weighted by Crippen LogP contribution is -1.98. The molecule has 90 valence electrons. The predicted octanol–water partition coefficient (Wildman–Crippen LogP) is 3.54. The molecule has 0 amide bonds. The van der Waals surface area contributed by atoms with Crippen LogP contribution in [0.5, 0.6) is 5.75 Å². The molecule has 2 N–H and O–H groups in total. The number of phenols is 1. The molecule has 0 aliphatic carbocycles. The van der Waals surface area contributed by atoms with Gasteiger partial charge in [0, 0.05) is 11.6 Å². The van der Waals surface area contributed by atoms with Crippen molar-refractivity contribution in [3.8, 4) is 5.75 Å². The highest BCUT2D eigenvalue weighted by molar-refractivity contribution is 5.34. The number of benzene rings is 1. The molecule has 3 heteroatoms. The molecule has 0 aliphatic rings. The molecule has 0 aromatic heterocycles. The summed E-state index contributed by atoms with van der Waals surface area (Å²) < 4.78 is 12.7. The summed E-state index contributed by atoms with van der Waals surface area (Å²) in [6, 6.07) is 3.73. The minimum atomic E-state index is -0.697. The SMILES string of the molecule is CCCCCC[C@H](O)c1ccc(F)cc1O. The summed E-state index contributed by atoms with van der Waals surface area (Å²) in [5, 5.41) is 19.3. The average Bonchev–Trinajstić information content (AvgIpc) is 2.24. The molecule has 0 saturated carbocycles. The molecule has 1 aromatic carbocycles. The van der Waals surface area contributed by atoms with Crippen molar-refractivity contribution in [2.24, 2.45) is 0 Å². The first-order chi connectivity index (χ1) is 7.65. The Morgan fingerprint density at radius 2 is 2.00 bits per heavy atom. The van der Waals surface area contributed by atoms with E-state index in [-0.39, 0.29) is 5.75 Å². The van der Waals surface area contributed by atoms with Crippen LogP contribution in [-0.4, -0.2) is 10.2 Å². The first-order valence-electron chi connectivity index (χ1n) is 5.81. The maximum absolute atomic E-state index is 12.7. The third-order valence-corrected chi connectivity index (χ3v) is 2.68. The second-order valence-corrected chi connectivity index (χ2v) is 4.07. The Morgan fingerprint density at radius 1 is 1.25 bits per heavy atom. The fourth-order valence-electron chi connectivity index (χ4n) is 1.72. The molecule has 1 rings (SSSR count). The Kier molecular flexibility index (Phi) is 5.26. The molecule has 1 aromatic rings. The zero-order chi connectivity index (χ0) is 12.0. The van der Waals surface area contributed by atoms with E-state index in [2.05, 4.69) is 6.92 Å². The molecule has 0 aliphatic heterocycles. The van der Waals surface area contributed by atoms with E-state index in [0.29, 0.717) is 12.0 Å². The lowest BCUT2D eigenvalue weighted by Gasteiger charge is -2.12. The zero-order valence-electron chi connectivity index (χ0n) is 9.62. The number of unbranched alkanes of at least 4 members (excludes halogenated alkanes) is 3. The smallest absolute Gasteiger partial charge is 0.126 e. The van der Waals surface area contributed by atoms with Gasteiger partial charge in [-0.05, 0) is 18.6 Å². The van der Waals surface area contributed by atoms with Crippen molar-refractivity contribution >= 4 is 0 Å². The molecule has 0 heterocycles. The van der Waals surface area contributed by atoms with E-state index in [4.69, 9.17) is 0 Å². The number of hydrogen-bond donors (Lipinski definition) is 2. The highest BCUT2D eigenvalue weighted by Gasteiger charge is 2.12. The minimum absolute atomic E-state index is 0.164. The second-order valence-electron chi connectivity index (χ2n) is 4.07. The molecule has 0 saturated heterocycles. The number of hydrogen-bond acceptors (Lipinski definition) is 2. The van der Waals surface area contributed by atoms with E-state index in [0.717, 1.165) is 31.7 Å². The van der Waals surface area contributed by atoms with Gasteiger partial charge in [-0.2, -0.15) is 0 Å². The van der Waals surface area contributed by atoms with Gasteiger partial charge in [0.2, 0.25) is 0 Å². The third kappa shape index (κ3) is 3.81. The van der Waals surface area contributed by atoms with Crippen molar-refractivity contribution in [3.63, 3.8) is 0 Å². The normalized spacial score (nSPS) is 12.7. The topological polar surface area (TPSA) is 40.5 Å². The number of halogens is 1. The first kappa shape index (κ1) is 13.0. The minimum Gasteiger partial charge on any atom is -0.507 e. The van der Waals surface area contributed by atoms with Crippen molar-refractivity contribution in [2.75, 3.05) is 0 Å². The summed E-state index contributed by atoms with van der Waals surface area (Å²) in [7, 11) is 0. The van der Waals surface area contributed by atoms with E-state index in [9.17, 15) is 14.6 Å². The van der Waals surface area contributed by atoms with Crippen LogP contribution in [0.25, 0.3) is 0 Å². The van der Waals surface area contributed by atoms with Crippen LogP contribution >= 0.6 is 0 Å². The molecular weight excluding hydrogens is 207 g/mol. The Hall–Kier alpha value is -1.09. The van der Waals surface area contributed by atoms with Gasteiger partial charge in [-0.25, -0.2) is 4.39 Å². The fourth-order valence-corrected chi connectivity index (χ4v) is 1.72. The van der Waals surface area contributed by atoms with Gasteiger partial charge in [-0.3, -0.25) is 0 Å². The summed E-state index contributed by atoms with van der Waals surface area (Å²) >= 11 is 0. The lowest BCUT2D eigenvalue weighted by atomic mass is 10.0. The molecular formula is C13H19FO2. The van der Waals surface area contributed by atoms with Gasteiger partial charge >= 0.3 is 0 Å². The highest BCUT2D eigenvalue weighted by Crippen LogP contribution is 2.28. The van der Waals surface area contributed by atoms with Crippen molar-refractivity contribution in [1.82, 2.24) is 0 Å². The predicted molar refractivity (Wildman–Crippen MR) is 61.8 cm³/mol. The molecule has 0 radical (unpaired) electrons. The summed E-state index contributed by atoms with van der Waals surface area (Å²) in [5.74, 6) is -0.651. The number of aliphatic hydroxyl groups is 1. The van der Waals surface area contributed by atoms with Crippen molar-refractivity contribution < 1.29 is 14.6 Å². The van der Waals surface area contributed by atoms with E-state index in [1.165, 1.54) is 12.1 Å². The fraction of sp³-hybridized carbons (Fsp3) is 0.538. The largest absolute Gasteiger partial charge is 0.507 e. The van der Waals surface area contributed by atoms with Gasteiger partial charge in [0.15, 0.2) is 0 Å². The maximum Gasteiger partial charge on any atom is 0.126 e. The van der Waals surface area contributed by atoms with Crippen molar-refractivity contribution in [1.29, 1.82) is 0 Å². The molecule has 16 heavy (non-hydrogen) atoms. The monoisotopic (exact) mass is 226 g/mol. The Balaban J connectivity index is 2.49. The van der Waals surface area contributed by atoms with Gasteiger partial charge in [-0.15, -0.1) is 0 Å². The van der Waals surface area contributed by atoms with Gasteiger partial charge in [0.25, 0.3) is 0 Å². The summed E-state index contributed by atoms with van der Waals surface area (Å²) in [6.07, 6.45) is 4.22. The number of aromatic hydroxyl groups is 1. The van der Waals surface area contributed by atoms with Gasteiger partial charge in [0.1, 0.15) is 11.6 Å². The van der Waals surface area contributed by atoms with Crippen LogP contribution < -0.4 is 0 Å². The lowest BCUT2D eigenvalue weighted by molar-refractivity contribution is 0.159. The van der Waals surface area contributed by atoms with Crippen molar-refractivity contribution in [3.05, 3.63) is 29.6 Å². The third-order valence-electron chi connectivity index (χ3n) is 2.68. The van der Waals surface area contributed by atoms with Crippen LogP contribution in [0.3, 0.4) is 0 Å². The maximum atomic E-state index is 12.7. The van der Waals surface area contributed by atoms with E-state index >= 15 is 0 Å². The van der Waals surface area contributed by atoms with Gasteiger partial charge in [-0.1, -0.05) is 32.6 Å². The van der Waals surface area contributed by atoms with Crippen LogP contribution in [0.15, 0.2) is 18.2 Å². The van der Waals surface area contributed by atoms with Crippen LogP contribution in [0.1, 0.15) is 50.7 Å². The summed E-state index contributed by atoms with van der Waals surface area (Å²) in [5.41, 5.74) is 0.415. The van der Waals surface area contributed by atoms with Crippen LogP contribution in [0, 0.1) is 5.82 Å². The number of rotatable bonds is 6. The van der Waals surface area contributed by atoms with Gasteiger partial charge in [0.05, 0.1) is 6.10 Å². The van der Waals surface area contributed by atoms with Crippen LogP contribution in [-0.2, 0) is 0 Å². The standard InChI is InChI=1S/C13H19FO2/c1-2-3-4-5-6-12(15)11-8-7-10(14)9-13(11)16/h7-9,12,15-16H,2-6H2,1H3/t12-/m0/s1. The van der Waals surface area contributed by atoms with Crippen LogP contribution in [0.4, 0.5) is 4.39 Å². The van der Waals surface area contributed by atoms with E-state index in [1.807, 2.05) is 0 Å². The summed E-state index contributed by atoms with van der Waals surface area (Å²) in [6.45, 7) is 2.13. The summed E-state index contributed by atoms with van der Waals surface area (Å²) in [4.78, 5) is 0. The Morgan fingerprint density at radius 3 is 2.62 bits per heavy atom. The molecule has 0 bridgehead atoms. The van der Waals surface area contributed by atoms with E-state index < -0.39 is 11.9 Å². The highest BCUT2D eigenvalue weighted by atomic mass is 19.1. The number of phenolic OH excluding ortho intramolecular Hbond substituents is 1.